The van der Waals surface area contributed by atoms with Crippen LogP contribution < -0.4 is 5.32 Å². The number of carbonyl (C=O) groups excluding carboxylic acids is 1. The molecule has 3 saturated heterocycles. The molecule has 0 radical (unpaired) electrons. The quantitative estimate of drug-likeness (QED) is 0.651. The van der Waals surface area contributed by atoms with Gasteiger partial charge in [0, 0.05) is 17.3 Å². The van der Waals surface area contributed by atoms with Crippen LogP contribution >= 0.6 is 23.7 Å². The van der Waals surface area contributed by atoms with Crippen molar-refractivity contribution >= 4 is 39.7 Å². The molecular formula is C23H25ClN2O2S. The third-order valence-corrected chi connectivity index (χ3v) is 7.37. The Kier molecular flexibility index (Phi) is 5.93. The van der Waals surface area contributed by atoms with Gasteiger partial charge in [0.1, 0.15) is 0 Å². The fourth-order valence-electron chi connectivity index (χ4n) is 4.56. The summed E-state index contributed by atoms with van der Waals surface area (Å²) < 4.78 is 1.14. The van der Waals surface area contributed by atoms with E-state index in [1.165, 1.54) is 25.9 Å². The molecule has 1 amide bonds. The minimum absolute atomic E-state index is 0. The van der Waals surface area contributed by atoms with Crippen molar-refractivity contribution in [1.29, 1.82) is 0 Å². The van der Waals surface area contributed by atoms with Crippen molar-refractivity contribution in [2.75, 3.05) is 19.6 Å². The normalized spacial score (nSPS) is 23.0. The van der Waals surface area contributed by atoms with Crippen LogP contribution in [-0.4, -0.2) is 41.6 Å². The molecular weight excluding hydrogens is 404 g/mol. The number of nitrogens with zero attached hydrogens (tertiary/aromatic N) is 1. The molecule has 3 aliphatic heterocycles. The van der Waals surface area contributed by atoms with Gasteiger partial charge in [0.25, 0.3) is 5.91 Å². The number of rotatable bonds is 4. The molecule has 0 unspecified atom stereocenters. The predicted octanol–water partition coefficient (Wildman–Crippen LogP) is 4.31. The molecule has 4 heterocycles. The van der Waals surface area contributed by atoms with E-state index in [1.54, 1.807) is 11.3 Å². The summed E-state index contributed by atoms with van der Waals surface area (Å²) >= 11 is 1.57. The van der Waals surface area contributed by atoms with Crippen LogP contribution in [0.15, 0.2) is 48.5 Å². The number of thiophene rings is 1. The number of hydrogen-bond donors (Lipinski definition) is 2. The summed E-state index contributed by atoms with van der Waals surface area (Å²) in [4.78, 5) is 16.2. The Morgan fingerprint density at radius 3 is 2.55 bits per heavy atom. The maximum Gasteiger partial charge on any atom is 0.261 e. The molecule has 3 fully saturated rings. The van der Waals surface area contributed by atoms with E-state index < -0.39 is 0 Å². The summed E-state index contributed by atoms with van der Waals surface area (Å²) in [6, 6.07) is 16.5. The lowest BCUT2D eigenvalue weighted by Crippen LogP contribution is -2.57. The zero-order chi connectivity index (χ0) is 19.1. The van der Waals surface area contributed by atoms with Crippen molar-refractivity contribution in [2.45, 2.75) is 25.5 Å². The first-order valence-corrected chi connectivity index (χ1v) is 10.8. The molecule has 6 heteroatoms. The lowest BCUT2D eigenvalue weighted by molar-refractivity contribution is 0.0622. The first kappa shape index (κ1) is 20.4. The predicted molar refractivity (Wildman–Crippen MR) is 121 cm³/mol. The van der Waals surface area contributed by atoms with Gasteiger partial charge in [-0.05, 0) is 60.0 Å². The molecule has 3 aliphatic rings. The lowest BCUT2D eigenvalue weighted by Gasteiger charge is -2.44. The van der Waals surface area contributed by atoms with E-state index in [0.717, 1.165) is 38.2 Å². The molecule has 2 bridgehead atoms. The molecule has 29 heavy (non-hydrogen) atoms. The van der Waals surface area contributed by atoms with Gasteiger partial charge < -0.3 is 15.3 Å². The van der Waals surface area contributed by atoms with Gasteiger partial charge in [0.05, 0.1) is 11.5 Å². The summed E-state index contributed by atoms with van der Waals surface area (Å²) in [5, 5.41) is 13.7. The average Bonchev–Trinajstić information content (AvgIpc) is 3.19. The van der Waals surface area contributed by atoms with Crippen molar-refractivity contribution in [3.63, 3.8) is 0 Å². The molecule has 4 nitrogen and oxygen atoms in total. The third-order valence-electron chi connectivity index (χ3n) is 6.19. The summed E-state index contributed by atoms with van der Waals surface area (Å²) in [7, 11) is 0. The molecule has 2 N–H and O–H groups in total. The number of carbonyl (C=O) groups is 1. The fourth-order valence-corrected chi connectivity index (χ4v) is 5.66. The number of aliphatic hydroxyl groups is 1. The highest BCUT2D eigenvalue weighted by molar-refractivity contribution is 7.21. The van der Waals surface area contributed by atoms with Gasteiger partial charge >= 0.3 is 0 Å². The molecule has 152 valence electrons. The standard InChI is InChI=1S/C23H24N2O2S.ClH/c26-14-15-4-6-16(7-5-15)19-3-1-2-18-12-21(28-22(18)19)23(27)24-20-13-25-10-8-17(20)9-11-25;/h1-7,12,17,20,26H,8-11,13-14H2,(H,24,27);1H/t20-;/m0./s1. The van der Waals surface area contributed by atoms with Crippen LogP contribution in [0.1, 0.15) is 28.1 Å². The van der Waals surface area contributed by atoms with Crippen LogP contribution in [0.3, 0.4) is 0 Å². The van der Waals surface area contributed by atoms with E-state index in [2.05, 4.69) is 22.3 Å². The highest BCUT2D eigenvalue weighted by atomic mass is 35.5. The van der Waals surface area contributed by atoms with Crippen LogP contribution in [0, 0.1) is 5.92 Å². The second-order valence-corrected chi connectivity index (χ2v) is 8.96. The number of benzene rings is 2. The van der Waals surface area contributed by atoms with Gasteiger partial charge in [0.2, 0.25) is 0 Å². The number of halogens is 1. The van der Waals surface area contributed by atoms with Crippen molar-refractivity contribution in [3.8, 4) is 11.1 Å². The molecule has 1 atom stereocenters. The Labute approximate surface area is 181 Å². The number of aliphatic hydroxyl groups excluding tert-OH is 1. The molecule has 3 aromatic rings. The molecule has 6 rings (SSSR count). The molecule has 0 saturated carbocycles. The summed E-state index contributed by atoms with van der Waals surface area (Å²) in [6.07, 6.45) is 2.40. The van der Waals surface area contributed by atoms with E-state index in [4.69, 9.17) is 0 Å². The Bertz CT molecular complexity index is 1010. The van der Waals surface area contributed by atoms with Gasteiger partial charge in [-0.3, -0.25) is 4.79 Å². The monoisotopic (exact) mass is 428 g/mol. The van der Waals surface area contributed by atoms with Crippen molar-refractivity contribution in [3.05, 3.63) is 59.0 Å². The number of amides is 1. The molecule has 2 aromatic carbocycles. The maximum atomic E-state index is 12.9. The van der Waals surface area contributed by atoms with Crippen LogP contribution in [0.2, 0.25) is 0 Å². The number of nitrogens with one attached hydrogen (secondary N) is 1. The molecule has 0 spiro atoms. The van der Waals surface area contributed by atoms with Gasteiger partial charge in [-0.25, -0.2) is 0 Å². The van der Waals surface area contributed by atoms with Gasteiger partial charge in [-0.15, -0.1) is 23.7 Å². The van der Waals surface area contributed by atoms with E-state index >= 15 is 0 Å². The van der Waals surface area contributed by atoms with E-state index in [0.29, 0.717) is 5.92 Å². The minimum atomic E-state index is 0. The molecule has 1 aromatic heterocycles. The average molecular weight is 429 g/mol. The van der Waals surface area contributed by atoms with Crippen LogP contribution in [-0.2, 0) is 6.61 Å². The Balaban J connectivity index is 0.00000205. The smallest absolute Gasteiger partial charge is 0.261 e. The largest absolute Gasteiger partial charge is 0.392 e. The van der Waals surface area contributed by atoms with Crippen molar-refractivity contribution < 1.29 is 9.90 Å². The fraction of sp³-hybridized carbons (Fsp3) is 0.348. The first-order chi connectivity index (χ1) is 13.7. The van der Waals surface area contributed by atoms with Crippen LogP contribution in [0.4, 0.5) is 0 Å². The Hall–Kier alpha value is -1.92. The topological polar surface area (TPSA) is 52.6 Å². The SMILES string of the molecule is Cl.O=C(N[C@H]1CN2CCC1CC2)c1cc2cccc(-c3ccc(CO)cc3)c2s1. The van der Waals surface area contributed by atoms with Crippen LogP contribution in [0.25, 0.3) is 21.2 Å². The highest BCUT2D eigenvalue weighted by Crippen LogP contribution is 2.35. The second kappa shape index (κ2) is 8.44. The summed E-state index contributed by atoms with van der Waals surface area (Å²) in [5.74, 6) is 0.686. The summed E-state index contributed by atoms with van der Waals surface area (Å²) in [5.41, 5.74) is 3.14. The van der Waals surface area contributed by atoms with Gasteiger partial charge in [-0.2, -0.15) is 0 Å². The minimum Gasteiger partial charge on any atom is -0.392 e. The number of fused-ring (bicyclic) bond motifs is 4. The first-order valence-electron chi connectivity index (χ1n) is 9.97. The number of hydrogen-bond acceptors (Lipinski definition) is 4. The van der Waals surface area contributed by atoms with Crippen molar-refractivity contribution in [2.24, 2.45) is 5.92 Å². The third kappa shape index (κ3) is 3.92. The zero-order valence-corrected chi connectivity index (χ0v) is 17.8. The highest BCUT2D eigenvalue weighted by Gasteiger charge is 2.35. The second-order valence-electron chi connectivity index (χ2n) is 7.91. The summed E-state index contributed by atoms with van der Waals surface area (Å²) in [6.45, 7) is 3.40. The van der Waals surface area contributed by atoms with Crippen molar-refractivity contribution in [1.82, 2.24) is 10.2 Å². The lowest BCUT2D eigenvalue weighted by atomic mass is 9.84. The maximum absolute atomic E-state index is 12.9. The number of piperidine rings is 3. The van der Waals surface area contributed by atoms with Gasteiger partial charge in [0.15, 0.2) is 0 Å². The van der Waals surface area contributed by atoms with E-state index in [-0.39, 0.29) is 31.0 Å². The zero-order valence-electron chi connectivity index (χ0n) is 16.1. The van der Waals surface area contributed by atoms with E-state index in [1.807, 2.05) is 36.4 Å². The molecule has 0 aliphatic carbocycles. The van der Waals surface area contributed by atoms with Gasteiger partial charge in [-0.1, -0.05) is 42.5 Å². The van der Waals surface area contributed by atoms with Crippen LogP contribution in [0.5, 0.6) is 0 Å². The van der Waals surface area contributed by atoms with E-state index in [9.17, 15) is 9.90 Å². The Morgan fingerprint density at radius 1 is 1.14 bits per heavy atom. The Morgan fingerprint density at radius 2 is 1.90 bits per heavy atom.